The predicted octanol–water partition coefficient (Wildman–Crippen LogP) is 4.64. The summed E-state index contributed by atoms with van der Waals surface area (Å²) in [6.45, 7) is 5.13. The van der Waals surface area contributed by atoms with E-state index >= 15 is 0 Å². The Kier molecular flexibility index (Phi) is 6.74. The van der Waals surface area contributed by atoms with Crippen molar-refractivity contribution in [2.75, 3.05) is 25.1 Å². The van der Waals surface area contributed by atoms with Gasteiger partial charge in [0.05, 0.1) is 11.8 Å². The van der Waals surface area contributed by atoms with Gasteiger partial charge < -0.3 is 19.5 Å². The first-order valence-corrected chi connectivity index (χ1v) is 9.85. The van der Waals surface area contributed by atoms with Crippen LogP contribution in [0.1, 0.15) is 24.0 Å². The second-order valence-corrected chi connectivity index (χ2v) is 7.56. The molecule has 1 amide bonds. The number of carbonyl (C=O) groups excluding carboxylic acids is 1. The lowest BCUT2D eigenvalue weighted by molar-refractivity contribution is -0.118. The molecular weight excluding hydrogens is 410 g/mol. The monoisotopic (exact) mass is 433 g/mol. The first-order chi connectivity index (χ1) is 13.0. The summed E-state index contributed by atoms with van der Waals surface area (Å²) in [5.41, 5.74) is 2.60. The molecule has 1 N–H and O–H groups in total. The van der Waals surface area contributed by atoms with Crippen LogP contribution in [0.5, 0.6) is 11.5 Å². The number of ether oxygens (including phenoxy) is 3. The second kappa shape index (κ2) is 9.24. The fourth-order valence-corrected chi connectivity index (χ4v) is 3.79. The molecule has 0 aliphatic carbocycles. The van der Waals surface area contributed by atoms with E-state index in [9.17, 15) is 4.79 Å². The number of aryl methyl sites for hydroxylation is 2. The highest BCUT2D eigenvalue weighted by atomic mass is 79.9. The van der Waals surface area contributed by atoms with Crippen LogP contribution in [0.3, 0.4) is 0 Å². The number of rotatable bonds is 7. The van der Waals surface area contributed by atoms with Gasteiger partial charge in [-0.15, -0.1) is 0 Å². The van der Waals surface area contributed by atoms with Crippen molar-refractivity contribution in [2.45, 2.75) is 32.8 Å². The second-order valence-electron chi connectivity index (χ2n) is 6.65. The minimum Gasteiger partial charge on any atom is -0.489 e. The Balaban J connectivity index is 1.58. The topological polar surface area (TPSA) is 56.8 Å². The minimum atomic E-state index is -0.232. The van der Waals surface area contributed by atoms with Crippen molar-refractivity contribution >= 4 is 27.5 Å². The molecule has 2 aromatic rings. The molecule has 0 saturated carbocycles. The Morgan fingerprint density at radius 3 is 2.67 bits per heavy atom. The van der Waals surface area contributed by atoms with Crippen molar-refractivity contribution in [1.82, 2.24) is 0 Å². The maximum absolute atomic E-state index is 12.4. The summed E-state index contributed by atoms with van der Waals surface area (Å²) in [5, 5.41) is 2.87. The maximum atomic E-state index is 12.4. The quantitative estimate of drug-likeness (QED) is 0.690. The number of anilines is 1. The van der Waals surface area contributed by atoms with Crippen molar-refractivity contribution in [3.63, 3.8) is 0 Å². The number of hydrogen-bond donors (Lipinski definition) is 1. The molecule has 3 rings (SSSR count). The number of amides is 1. The lowest BCUT2D eigenvalue weighted by Gasteiger charge is -2.16. The molecule has 144 valence electrons. The van der Waals surface area contributed by atoms with Gasteiger partial charge in [0.15, 0.2) is 6.61 Å². The summed E-state index contributed by atoms with van der Waals surface area (Å²) in [6.07, 6.45) is 2.20. The van der Waals surface area contributed by atoms with E-state index in [1.54, 1.807) is 0 Å². The molecule has 1 aliphatic heterocycles. The van der Waals surface area contributed by atoms with E-state index in [0.717, 1.165) is 40.8 Å². The number of carbonyl (C=O) groups is 1. The van der Waals surface area contributed by atoms with Crippen molar-refractivity contribution in [1.29, 1.82) is 0 Å². The van der Waals surface area contributed by atoms with Crippen molar-refractivity contribution in [3.8, 4) is 11.5 Å². The van der Waals surface area contributed by atoms with Crippen molar-refractivity contribution in [2.24, 2.45) is 0 Å². The van der Waals surface area contributed by atoms with Crippen molar-refractivity contribution < 1.29 is 19.0 Å². The number of hydrogen-bond acceptors (Lipinski definition) is 4. The molecule has 27 heavy (non-hydrogen) atoms. The number of para-hydroxylation sites is 2. The Labute approximate surface area is 168 Å². The van der Waals surface area contributed by atoms with Gasteiger partial charge in [-0.1, -0.05) is 28.1 Å². The third-order valence-electron chi connectivity index (χ3n) is 4.38. The molecule has 2 aromatic carbocycles. The summed E-state index contributed by atoms with van der Waals surface area (Å²) in [5.74, 6) is 1.14. The average molecular weight is 434 g/mol. The molecule has 1 unspecified atom stereocenters. The molecule has 0 spiro atoms. The smallest absolute Gasteiger partial charge is 0.262 e. The van der Waals surface area contributed by atoms with E-state index in [1.165, 1.54) is 0 Å². The van der Waals surface area contributed by atoms with Crippen LogP contribution in [0.15, 0.2) is 40.9 Å². The van der Waals surface area contributed by atoms with Gasteiger partial charge in [-0.3, -0.25) is 4.79 Å². The SMILES string of the molecule is Cc1cc(Br)cc(C)c1OCC(=O)Nc1ccccc1OCC1CCCO1. The fourth-order valence-electron chi connectivity index (χ4n) is 3.10. The van der Waals surface area contributed by atoms with Crippen LogP contribution in [0.2, 0.25) is 0 Å². The minimum absolute atomic E-state index is 0.0661. The highest BCUT2D eigenvalue weighted by molar-refractivity contribution is 9.10. The van der Waals surface area contributed by atoms with E-state index in [0.29, 0.717) is 18.0 Å². The highest BCUT2D eigenvalue weighted by Gasteiger charge is 2.17. The Bertz CT molecular complexity index is 780. The van der Waals surface area contributed by atoms with Crippen LogP contribution < -0.4 is 14.8 Å². The van der Waals surface area contributed by atoms with Crippen LogP contribution in [-0.2, 0) is 9.53 Å². The number of nitrogens with one attached hydrogen (secondary N) is 1. The van der Waals surface area contributed by atoms with Gasteiger partial charge in [-0.05, 0) is 62.1 Å². The Morgan fingerprint density at radius 1 is 1.22 bits per heavy atom. The normalized spacial score (nSPS) is 16.2. The van der Waals surface area contributed by atoms with Gasteiger partial charge >= 0.3 is 0 Å². The fraction of sp³-hybridized carbons (Fsp3) is 0.381. The summed E-state index contributed by atoms with van der Waals surface area (Å²) < 4.78 is 18.2. The molecule has 0 radical (unpaired) electrons. The third kappa shape index (κ3) is 5.47. The van der Waals surface area contributed by atoms with Gasteiger partial charge in [0, 0.05) is 11.1 Å². The zero-order valence-electron chi connectivity index (χ0n) is 15.6. The van der Waals surface area contributed by atoms with Crippen LogP contribution in [0, 0.1) is 13.8 Å². The van der Waals surface area contributed by atoms with Crippen LogP contribution in [0.4, 0.5) is 5.69 Å². The zero-order valence-corrected chi connectivity index (χ0v) is 17.2. The first kappa shape index (κ1) is 19.7. The highest BCUT2D eigenvalue weighted by Crippen LogP contribution is 2.28. The molecule has 1 aliphatic rings. The van der Waals surface area contributed by atoms with E-state index in [4.69, 9.17) is 14.2 Å². The summed E-state index contributed by atoms with van der Waals surface area (Å²) in [4.78, 5) is 12.4. The van der Waals surface area contributed by atoms with Gasteiger partial charge in [-0.2, -0.15) is 0 Å². The lowest BCUT2D eigenvalue weighted by atomic mass is 10.1. The molecule has 0 bridgehead atoms. The van der Waals surface area contributed by atoms with Crippen LogP contribution in [0.25, 0.3) is 0 Å². The van der Waals surface area contributed by atoms with E-state index < -0.39 is 0 Å². The van der Waals surface area contributed by atoms with Crippen LogP contribution >= 0.6 is 15.9 Å². The van der Waals surface area contributed by atoms with Gasteiger partial charge in [-0.25, -0.2) is 0 Å². The Morgan fingerprint density at radius 2 is 1.96 bits per heavy atom. The van der Waals surface area contributed by atoms with E-state index in [2.05, 4.69) is 21.2 Å². The van der Waals surface area contributed by atoms with Gasteiger partial charge in [0.25, 0.3) is 5.91 Å². The summed E-state index contributed by atoms with van der Waals surface area (Å²) in [7, 11) is 0. The molecule has 5 nitrogen and oxygen atoms in total. The lowest BCUT2D eigenvalue weighted by Crippen LogP contribution is -2.22. The predicted molar refractivity (Wildman–Crippen MR) is 109 cm³/mol. The largest absolute Gasteiger partial charge is 0.489 e. The van der Waals surface area contributed by atoms with Gasteiger partial charge in [0.1, 0.15) is 18.1 Å². The van der Waals surface area contributed by atoms with E-state index in [1.807, 2.05) is 50.2 Å². The summed E-state index contributed by atoms with van der Waals surface area (Å²) in [6, 6.07) is 11.3. The van der Waals surface area contributed by atoms with Crippen LogP contribution in [-0.4, -0.2) is 31.8 Å². The number of benzene rings is 2. The zero-order chi connectivity index (χ0) is 19.2. The molecule has 6 heteroatoms. The van der Waals surface area contributed by atoms with E-state index in [-0.39, 0.29) is 18.6 Å². The molecule has 1 saturated heterocycles. The van der Waals surface area contributed by atoms with Crippen molar-refractivity contribution in [3.05, 3.63) is 52.0 Å². The molecular formula is C21H24BrNO4. The standard InChI is InChI=1S/C21H24BrNO4/c1-14-10-16(22)11-15(2)21(14)27-13-20(24)23-18-7-3-4-8-19(18)26-12-17-6-5-9-25-17/h3-4,7-8,10-11,17H,5-6,9,12-13H2,1-2H3,(H,23,24). The third-order valence-corrected chi connectivity index (χ3v) is 4.84. The molecule has 1 heterocycles. The number of halogens is 1. The molecule has 1 fully saturated rings. The summed E-state index contributed by atoms with van der Waals surface area (Å²) >= 11 is 3.46. The molecule has 1 atom stereocenters. The first-order valence-electron chi connectivity index (χ1n) is 9.06. The maximum Gasteiger partial charge on any atom is 0.262 e. The molecule has 0 aromatic heterocycles. The average Bonchev–Trinajstić information content (AvgIpc) is 3.13. The van der Waals surface area contributed by atoms with Gasteiger partial charge in [0.2, 0.25) is 0 Å². The Hall–Kier alpha value is -2.05.